The fourth-order valence-corrected chi connectivity index (χ4v) is 1.47. The van der Waals surface area contributed by atoms with Crippen LogP contribution in [0.4, 0.5) is 0 Å². The van der Waals surface area contributed by atoms with Crippen LogP contribution >= 0.6 is 0 Å². The summed E-state index contributed by atoms with van der Waals surface area (Å²) in [5, 5.41) is 3.06. The predicted octanol–water partition coefficient (Wildman–Crippen LogP) is 1.29. The van der Waals surface area contributed by atoms with E-state index in [2.05, 4.69) is 19.2 Å². The summed E-state index contributed by atoms with van der Waals surface area (Å²) >= 11 is 0. The zero-order valence-corrected chi connectivity index (χ0v) is 11.0. The van der Waals surface area contributed by atoms with Gasteiger partial charge in [-0.25, -0.2) is 0 Å². The third kappa shape index (κ3) is 6.08. The second-order valence-electron chi connectivity index (χ2n) is 4.82. The molecule has 4 heteroatoms. The number of primary amides is 1. The van der Waals surface area contributed by atoms with E-state index in [0.717, 1.165) is 12.8 Å². The molecule has 0 saturated carbocycles. The third-order valence-electron chi connectivity index (χ3n) is 2.57. The summed E-state index contributed by atoms with van der Waals surface area (Å²) in [6.07, 6.45) is 2.17. The van der Waals surface area contributed by atoms with Crippen LogP contribution in [0, 0.1) is 5.92 Å². The third-order valence-corrected chi connectivity index (χ3v) is 2.57. The lowest BCUT2D eigenvalue weighted by Crippen LogP contribution is -2.56. The van der Waals surface area contributed by atoms with Crippen molar-refractivity contribution in [3.05, 3.63) is 0 Å². The number of nitrogens with one attached hydrogen (secondary N) is 1. The van der Waals surface area contributed by atoms with Crippen molar-refractivity contribution in [1.82, 2.24) is 5.32 Å². The van der Waals surface area contributed by atoms with Crippen molar-refractivity contribution in [1.29, 1.82) is 0 Å². The van der Waals surface area contributed by atoms with Crippen LogP contribution in [-0.4, -0.2) is 31.2 Å². The molecule has 0 spiro atoms. The highest BCUT2D eigenvalue weighted by Crippen LogP contribution is 2.06. The van der Waals surface area contributed by atoms with Gasteiger partial charge in [-0.1, -0.05) is 20.8 Å². The van der Waals surface area contributed by atoms with E-state index >= 15 is 0 Å². The summed E-state index contributed by atoms with van der Waals surface area (Å²) in [6.45, 7) is 9.83. The summed E-state index contributed by atoms with van der Waals surface area (Å²) in [5.41, 5.74) is 4.60. The van der Waals surface area contributed by atoms with Crippen LogP contribution in [0.15, 0.2) is 0 Å². The Kier molecular flexibility index (Phi) is 7.34. The molecule has 1 amide bonds. The van der Waals surface area contributed by atoms with Gasteiger partial charge in [0.1, 0.15) is 5.54 Å². The second kappa shape index (κ2) is 7.63. The number of carbonyl (C=O) groups is 1. The maximum Gasteiger partial charge on any atom is 0.239 e. The lowest BCUT2D eigenvalue weighted by molar-refractivity contribution is -0.126. The molecule has 1 unspecified atom stereocenters. The normalized spacial score (nSPS) is 15.1. The van der Waals surface area contributed by atoms with Gasteiger partial charge in [-0.3, -0.25) is 4.79 Å². The van der Waals surface area contributed by atoms with E-state index in [-0.39, 0.29) is 5.91 Å². The lowest BCUT2D eigenvalue weighted by atomic mass is 10.0. The minimum atomic E-state index is -0.743. The zero-order chi connectivity index (χ0) is 12.6. The van der Waals surface area contributed by atoms with E-state index < -0.39 is 5.54 Å². The van der Waals surface area contributed by atoms with Gasteiger partial charge in [0.15, 0.2) is 0 Å². The number of amides is 1. The molecule has 0 aromatic rings. The lowest BCUT2D eigenvalue weighted by Gasteiger charge is -2.26. The average Bonchev–Trinajstić information content (AvgIpc) is 2.17. The summed E-state index contributed by atoms with van der Waals surface area (Å²) in [6, 6.07) is 0. The fourth-order valence-electron chi connectivity index (χ4n) is 1.47. The predicted molar refractivity (Wildman–Crippen MR) is 66.2 cm³/mol. The Labute approximate surface area is 98.9 Å². The Bertz CT molecular complexity index is 207. The zero-order valence-electron chi connectivity index (χ0n) is 11.0. The fraction of sp³-hybridized carbons (Fsp3) is 0.917. The molecule has 0 aromatic carbocycles. The van der Waals surface area contributed by atoms with Gasteiger partial charge in [-0.2, -0.15) is 0 Å². The minimum absolute atomic E-state index is 0.342. The highest BCUT2D eigenvalue weighted by molar-refractivity contribution is 5.84. The van der Waals surface area contributed by atoms with E-state index in [1.807, 2.05) is 6.92 Å². The van der Waals surface area contributed by atoms with E-state index in [1.165, 1.54) is 0 Å². The average molecular weight is 230 g/mol. The molecule has 96 valence electrons. The first-order valence-electron chi connectivity index (χ1n) is 6.05. The topological polar surface area (TPSA) is 64.3 Å². The van der Waals surface area contributed by atoms with Crippen LogP contribution in [0.1, 0.15) is 40.5 Å². The first kappa shape index (κ1) is 15.4. The van der Waals surface area contributed by atoms with Crippen LogP contribution in [0.2, 0.25) is 0 Å². The number of nitrogens with two attached hydrogens (primary N) is 1. The molecule has 0 rings (SSSR count). The molecule has 0 saturated heterocycles. The monoisotopic (exact) mass is 230 g/mol. The number of rotatable bonds is 9. The van der Waals surface area contributed by atoms with Crippen molar-refractivity contribution < 1.29 is 9.53 Å². The standard InChI is InChI=1S/C12H26N2O2/c1-5-14-12(4,11(13)15)9-16-8-6-7-10(2)3/h10,14H,5-9H2,1-4H3,(H2,13,15). The highest BCUT2D eigenvalue weighted by Gasteiger charge is 2.29. The van der Waals surface area contributed by atoms with Gasteiger partial charge in [0.25, 0.3) is 0 Å². The van der Waals surface area contributed by atoms with E-state index in [1.54, 1.807) is 6.92 Å². The first-order valence-corrected chi connectivity index (χ1v) is 6.05. The number of hydrogen-bond acceptors (Lipinski definition) is 3. The Hall–Kier alpha value is -0.610. The Morgan fingerprint density at radius 3 is 2.56 bits per heavy atom. The summed E-state index contributed by atoms with van der Waals surface area (Å²) in [5.74, 6) is 0.332. The van der Waals surface area contributed by atoms with Gasteiger partial charge in [0.2, 0.25) is 5.91 Å². The van der Waals surface area contributed by atoms with Gasteiger partial charge in [-0.05, 0) is 32.2 Å². The van der Waals surface area contributed by atoms with Crippen molar-refractivity contribution in [2.75, 3.05) is 19.8 Å². The molecule has 0 heterocycles. The van der Waals surface area contributed by atoms with Crippen LogP contribution in [-0.2, 0) is 9.53 Å². The number of carbonyl (C=O) groups excluding carboxylic acids is 1. The molecule has 0 aromatic heterocycles. The van der Waals surface area contributed by atoms with Crippen LogP contribution < -0.4 is 11.1 Å². The van der Waals surface area contributed by atoms with Gasteiger partial charge in [-0.15, -0.1) is 0 Å². The molecular formula is C12H26N2O2. The first-order chi connectivity index (χ1) is 7.42. The Balaban J connectivity index is 3.81. The van der Waals surface area contributed by atoms with Gasteiger partial charge < -0.3 is 15.8 Å². The SMILES string of the molecule is CCNC(C)(COCCCC(C)C)C(N)=O. The number of hydrogen-bond donors (Lipinski definition) is 2. The van der Waals surface area contributed by atoms with Crippen molar-refractivity contribution in [3.8, 4) is 0 Å². The van der Waals surface area contributed by atoms with Gasteiger partial charge in [0.05, 0.1) is 6.61 Å². The minimum Gasteiger partial charge on any atom is -0.379 e. The molecule has 16 heavy (non-hydrogen) atoms. The Morgan fingerprint density at radius 2 is 2.12 bits per heavy atom. The molecular weight excluding hydrogens is 204 g/mol. The van der Waals surface area contributed by atoms with Crippen LogP contribution in [0.25, 0.3) is 0 Å². The molecule has 0 fully saturated rings. The molecule has 4 nitrogen and oxygen atoms in total. The number of ether oxygens (including phenoxy) is 1. The van der Waals surface area contributed by atoms with E-state index in [9.17, 15) is 4.79 Å². The molecule has 1 atom stereocenters. The van der Waals surface area contributed by atoms with Crippen molar-refractivity contribution in [2.24, 2.45) is 11.7 Å². The van der Waals surface area contributed by atoms with Crippen molar-refractivity contribution >= 4 is 5.91 Å². The second-order valence-corrected chi connectivity index (χ2v) is 4.82. The summed E-state index contributed by atoms with van der Waals surface area (Å²) in [7, 11) is 0. The van der Waals surface area contributed by atoms with Gasteiger partial charge in [0, 0.05) is 6.61 Å². The van der Waals surface area contributed by atoms with E-state index in [0.29, 0.717) is 25.7 Å². The van der Waals surface area contributed by atoms with Crippen molar-refractivity contribution in [2.45, 2.75) is 46.1 Å². The largest absolute Gasteiger partial charge is 0.379 e. The van der Waals surface area contributed by atoms with Gasteiger partial charge >= 0.3 is 0 Å². The maximum absolute atomic E-state index is 11.3. The molecule has 0 aliphatic rings. The summed E-state index contributed by atoms with van der Waals surface area (Å²) in [4.78, 5) is 11.3. The molecule has 0 radical (unpaired) electrons. The molecule has 0 aliphatic carbocycles. The van der Waals surface area contributed by atoms with Crippen molar-refractivity contribution in [3.63, 3.8) is 0 Å². The van der Waals surface area contributed by atoms with Crippen LogP contribution in [0.5, 0.6) is 0 Å². The molecule has 0 bridgehead atoms. The molecule has 0 aliphatic heterocycles. The maximum atomic E-state index is 11.3. The molecule has 3 N–H and O–H groups in total. The highest BCUT2D eigenvalue weighted by atomic mass is 16.5. The quantitative estimate of drug-likeness (QED) is 0.587. The van der Waals surface area contributed by atoms with Crippen LogP contribution in [0.3, 0.4) is 0 Å². The number of likely N-dealkylation sites (N-methyl/N-ethyl adjacent to an activating group) is 1. The smallest absolute Gasteiger partial charge is 0.239 e. The van der Waals surface area contributed by atoms with E-state index in [4.69, 9.17) is 10.5 Å². The Morgan fingerprint density at radius 1 is 1.50 bits per heavy atom. The summed E-state index contributed by atoms with van der Waals surface area (Å²) < 4.78 is 5.50.